The Balaban J connectivity index is 2.01. The van der Waals surface area contributed by atoms with E-state index in [1.54, 1.807) is 0 Å². The molecule has 0 heterocycles. The molecule has 2 heteroatoms. The molecule has 0 spiro atoms. The topological polar surface area (TPSA) is 29.5 Å². The van der Waals surface area contributed by atoms with E-state index in [-0.39, 0.29) is 6.10 Å². The maximum atomic E-state index is 9.19. The Kier molecular flexibility index (Phi) is 3.87. The molecule has 0 aliphatic heterocycles. The number of aliphatic hydroxyl groups excluding tert-OH is 1. The molecule has 1 saturated carbocycles. The Labute approximate surface area is 68.6 Å². The minimum absolute atomic E-state index is 0.254. The molecule has 0 amide bonds. The predicted molar refractivity (Wildman–Crippen MR) is 44.5 cm³/mol. The van der Waals surface area contributed by atoms with Gasteiger partial charge >= 0.3 is 0 Å². The molecule has 2 nitrogen and oxygen atoms in total. The van der Waals surface area contributed by atoms with Crippen LogP contribution in [0.2, 0.25) is 0 Å². The largest absolute Gasteiger partial charge is 0.391 e. The van der Waals surface area contributed by atoms with Crippen molar-refractivity contribution in [2.45, 2.75) is 51.2 Å². The third-order valence-corrected chi connectivity index (χ3v) is 2.30. The zero-order valence-electron chi connectivity index (χ0n) is 7.25. The second-order valence-corrected chi connectivity index (χ2v) is 3.30. The Morgan fingerprint density at radius 1 is 1.45 bits per heavy atom. The van der Waals surface area contributed by atoms with Gasteiger partial charge in [0.15, 0.2) is 0 Å². The van der Waals surface area contributed by atoms with Crippen molar-refractivity contribution in [2.75, 3.05) is 6.61 Å². The molecule has 0 radical (unpaired) electrons. The summed E-state index contributed by atoms with van der Waals surface area (Å²) in [4.78, 5) is 0. The molecule has 1 N–H and O–H groups in total. The third-order valence-electron chi connectivity index (χ3n) is 2.30. The lowest BCUT2D eigenvalue weighted by atomic mass is 10.3. The molecule has 0 aromatic heterocycles. The maximum Gasteiger partial charge on any atom is 0.0771 e. The molecular weight excluding hydrogens is 140 g/mol. The standard InChI is InChI=1S/C9H18O2/c1-2-8(10)7-11-9-5-3-4-6-9/h8-10H,2-7H2,1H3. The highest BCUT2D eigenvalue weighted by Gasteiger charge is 2.15. The van der Waals surface area contributed by atoms with Crippen LogP contribution in [0.25, 0.3) is 0 Å². The molecule has 1 aliphatic rings. The molecule has 1 aliphatic carbocycles. The van der Waals surface area contributed by atoms with Crippen LogP contribution >= 0.6 is 0 Å². The van der Waals surface area contributed by atoms with E-state index in [0.29, 0.717) is 12.7 Å². The van der Waals surface area contributed by atoms with Gasteiger partial charge in [-0.05, 0) is 19.3 Å². The normalized spacial score (nSPS) is 22.4. The molecule has 1 rings (SSSR count). The minimum atomic E-state index is -0.254. The number of hydrogen-bond acceptors (Lipinski definition) is 2. The van der Waals surface area contributed by atoms with Gasteiger partial charge in [0.1, 0.15) is 0 Å². The molecule has 66 valence electrons. The molecule has 1 atom stereocenters. The highest BCUT2D eigenvalue weighted by Crippen LogP contribution is 2.20. The van der Waals surface area contributed by atoms with Crippen LogP contribution in [0, 0.1) is 0 Å². The fourth-order valence-electron chi connectivity index (χ4n) is 1.42. The van der Waals surface area contributed by atoms with Crippen molar-refractivity contribution in [1.82, 2.24) is 0 Å². The average molecular weight is 158 g/mol. The summed E-state index contributed by atoms with van der Waals surface area (Å²) in [5, 5.41) is 9.19. The predicted octanol–water partition coefficient (Wildman–Crippen LogP) is 1.72. The van der Waals surface area contributed by atoms with E-state index < -0.39 is 0 Å². The summed E-state index contributed by atoms with van der Waals surface area (Å²) in [6, 6.07) is 0. The van der Waals surface area contributed by atoms with Crippen LogP contribution in [0.15, 0.2) is 0 Å². The Bertz CT molecular complexity index is 97.7. The molecule has 11 heavy (non-hydrogen) atoms. The summed E-state index contributed by atoms with van der Waals surface area (Å²) in [5.74, 6) is 0. The Hall–Kier alpha value is -0.0800. The van der Waals surface area contributed by atoms with E-state index in [9.17, 15) is 5.11 Å². The Morgan fingerprint density at radius 2 is 2.09 bits per heavy atom. The van der Waals surface area contributed by atoms with Gasteiger partial charge in [0.25, 0.3) is 0 Å². The first-order valence-corrected chi connectivity index (χ1v) is 4.62. The van der Waals surface area contributed by atoms with Gasteiger partial charge in [-0.15, -0.1) is 0 Å². The molecule has 0 bridgehead atoms. The average Bonchev–Trinajstić information content (AvgIpc) is 2.52. The molecule has 0 saturated heterocycles. The second kappa shape index (κ2) is 4.73. The summed E-state index contributed by atoms with van der Waals surface area (Å²) in [5.41, 5.74) is 0. The monoisotopic (exact) mass is 158 g/mol. The van der Waals surface area contributed by atoms with Crippen molar-refractivity contribution in [3.05, 3.63) is 0 Å². The second-order valence-electron chi connectivity index (χ2n) is 3.30. The summed E-state index contributed by atoms with van der Waals surface area (Å²) >= 11 is 0. The van der Waals surface area contributed by atoms with Gasteiger partial charge in [-0.3, -0.25) is 0 Å². The molecule has 1 fully saturated rings. The van der Waals surface area contributed by atoms with E-state index in [0.717, 1.165) is 6.42 Å². The van der Waals surface area contributed by atoms with Crippen molar-refractivity contribution in [3.63, 3.8) is 0 Å². The molecule has 0 aromatic rings. The van der Waals surface area contributed by atoms with Gasteiger partial charge in [0.2, 0.25) is 0 Å². The first-order valence-electron chi connectivity index (χ1n) is 4.62. The molecule has 0 aromatic carbocycles. The maximum absolute atomic E-state index is 9.19. The zero-order chi connectivity index (χ0) is 8.10. The number of ether oxygens (including phenoxy) is 1. The van der Waals surface area contributed by atoms with E-state index in [4.69, 9.17) is 4.74 Å². The fourth-order valence-corrected chi connectivity index (χ4v) is 1.42. The summed E-state index contributed by atoms with van der Waals surface area (Å²) in [6.07, 6.45) is 5.96. The lowest BCUT2D eigenvalue weighted by Crippen LogP contribution is -2.18. The minimum Gasteiger partial charge on any atom is -0.391 e. The van der Waals surface area contributed by atoms with Crippen molar-refractivity contribution >= 4 is 0 Å². The highest BCUT2D eigenvalue weighted by atomic mass is 16.5. The smallest absolute Gasteiger partial charge is 0.0771 e. The van der Waals surface area contributed by atoms with E-state index in [2.05, 4.69) is 0 Å². The Morgan fingerprint density at radius 3 is 2.64 bits per heavy atom. The van der Waals surface area contributed by atoms with Gasteiger partial charge in [-0.1, -0.05) is 19.8 Å². The van der Waals surface area contributed by atoms with E-state index in [1.165, 1.54) is 25.7 Å². The van der Waals surface area contributed by atoms with Crippen molar-refractivity contribution in [2.24, 2.45) is 0 Å². The fraction of sp³-hybridized carbons (Fsp3) is 1.00. The molecule has 1 unspecified atom stereocenters. The highest BCUT2D eigenvalue weighted by molar-refractivity contribution is 4.67. The molecular formula is C9H18O2. The van der Waals surface area contributed by atoms with Crippen molar-refractivity contribution in [1.29, 1.82) is 0 Å². The summed E-state index contributed by atoms with van der Waals surface area (Å²) < 4.78 is 5.51. The van der Waals surface area contributed by atoms with Crippen LogP contribution in [-0.4, -0.2) is 23.9 Å². The van der Waals surface area contributed by atoms with Crippen LogP contribution in [0.4, 0.5) is 0 Å². The van der Waals surface area contributed by atoms with Gasteiger partial charge in [-0.25, -0.2) is 0 Å². The van der Waals surface area contributed by atoms with Gasteiger partial charge in [0.05, 0.1) is 18.8 Å². The first-order chi connectivity index (χ1) is 5.33. The van der Waals surface area contributed by atoms with Crippen LogP contribution in [0.5, 0.6) is 0 Å². The lowest BCUT2D eigenvalue weighted by Gasteiger charge is -2.13. The van der Waals surface area contributed by atoms with Crippen molar-refractivity contribution < 1.29 is 9.84 Å². The summed E-state index contributed by atoms with van der Waals surface area (Å²) in [6.45, 7) is 2.50. The SMILES string of the molecule is CCC(O)COC1CCCC1. The van der Waals surface area contributed by atoms with Gasteiger partial charge in [0, 0.05) is 0 Å². The van der Waals surface area contributed by atoms with Crippen LogP contribution in [0.3, 0.4) is 0 Å². The number of hydrogen-bond donors (Lipinski definition) is 1. The summed E-state index contributed by atoms with van der Waals surface area (Å²) in [7, 11) is 0. The van der Waals surface area contributed by atoms with Crippen molar-refractivity contribution in [3.8, 4) is 0 Å². The van der Waals surface area contributed by atoms with E-state index >= 15 is 0 Å². The van der Waals surface area contributed by atoms with Gasteiger partial charge < -0.3 is 9.84 Å². The first kappa shape index (κ1) is 9.01. The van der Waals surface area contributed by atoms with E-state index in [1.807, 2.05) is 6.92 Å². The van der Waals surface area contributed by atoms with Crippen LogP contribution < -0.4 is 0 Å². The number of rotatable bonds is 4. The van der Waals surface area contributed by atoms with Crippen LogP contribution in [0.1, 0.15) is 39.0 Å². The third kappa shape index (κ3) is 3.21. The lowest BCUT2D eigenvalue weighted by molar-refractivity contribution is -0.00706. The zero-order valence-corrected chi connectivity index (χ0v) is 7.25. The van der Waals surface area contributed by atoms with Gasteiger partial charge in [-0.2, -0.15) is 0 Å². The number of aliphatic hydroxyl groups is 1. The quantitative estimate of drug-likeness (QED) is 0.675. The van der Waals surface area contributed by atoms with Crippen LogP contribution in [-0.2, 0) is 4.74 Å².